The normalized spacial score (nSPS) is 18.4. The van der Waals surface area contributed by atoms with Crippen molar-refractivity contribution in [2.75, 3.05) is 40.5 Å². The Balaban J connectivity index is 1.53. The minimum Gasteiger partial charge on any atom is -0.493 e. The van der Waals surface area contributed by atoms with Crippen LogP contribution in [0.5, 0.6) is 11.5 Å². The predicted molar refractivity (Wildman–Crippen MR) is 189 cm³/mol. The predicted octanol–water partition coefficient (Wildman–Crippen LogP) is 6.11. The van der Waals surface area contributed by atoms with Gasteiger partial charge in [0, 0.05) is 56.9 Å². The average Bonchev–Trinajstić information content (AvgIpc) is 3.88. The summed E-state index contributed by atoms with van der Waals surface area (Å²) in [4.78, 5) is 31.4. The number of likely N-dealkylation sites (tertiary alicyclic amines) is 1. The average molecular weight is 702 g/mol. The summed E-state index contributed by atoms with van der Waals surface area (Å²) in [6.45, 7) is 11.0. The van der Waals surface area contributed by atoms with Gasteiger partial charge in [0.1, 0.15) is 5.60 Å². The highest BCUT2D eigenvalue weighted by Gasteiger charge is 2.41. The SMILES string of the molecule is COCCCOc1cc(C(=O)N(C(C)C)[C@@H]2CC[C@H](CCN(C3CC3)S(=O)(=O)Cc3ccccc3)N(C(=O)OC(C)(C)C)C2)ccc1OC. The molecule has 1 heterocycles. The lowest BCUT2D eigenvalue weighted by Gasteiger charge is -2.45. The minimum atomic E-state index is -3.55. The summed E-state index contributed by atoms with van der Waals surface area (Å²) in [5.41, 5.74) is 0.499. The number of hydrogen-bond acceptors (Lipinski definition) is 8. The molecule has 0 unspecified atom stereocenters. The van der Waals surface area contributed by atoms with E-state index < -0.39 is 21.7 Å². The third kappa shape index (κ3) is 10.8. The zero-order valence-electron chi connectivity index (χ0n) is 30.2. The monoisotopic (exact) mass is 701 g/mol. The van der Waals surface area contributed by atoms with Crippen LogP contribution in [0.3, 0.4) is 0 Å². The topological polar surface area (TPSA) is 115 Å². The maximum absolute atomic E-state index is 14.2. The Bertz CT molecular complexity index is 1490. The van der Waals surface area contributed by atoms with Gasteiger partial charge in [0.2, 0.25) is 10.0 Å². The van der Waals surface area contributed by atoms with Gasteiger partial charge in [-0.2, -0.15) is 4.31 Å². The minimum absolute atomic E-state index is 0.00701. The third-order valence-electron chi connectivity index (χ3n) is 8.84. The Morgan fingerprint density at radius 1 is 0.939 bits per heavy atom. The molecule has 0 radical (unpaired) electrons. The van der Waals surface area contributed by atoms with E-state index in [0.29, 0.717) is 62.5 Å². The molecule has 2 atom stereocenters. The molecule has 2 amide bonds. The molecule has 1 saturated heterocycles. The molecule has 2 aromatic carbocycles. The van der Waals surface area contributed by atoms with Gasteiger partial charge in [0.15, 0.2) is 11.5 Å². The van der Waals surface area contributed by atoms with Crippen molar-refractivity contribution in [3.8, 4) is 11.5 Å². The van der Waals surface area contributed by atoms with Crippen molar-refractivity contribution in [1.82, 2.24) is 14.1 Å². The van der Waals surface area contributed by atoms with Crippen LogP contribution in [0.15, 0.2) is 48.5 Å². The van der Waals surface area contributed by atoms with Gasteiger partial charge in [-0.25, -0.2) is 13.2 Å². The molecule has 11 nitrogen and oxygen atoms in total. The highest BCUT2D eigenvalue weighted by Crippen LogP contribution is 2.34. The molecule has 1 saturated carbocycles. The van der Waals surface area contributed by atoms with Crippen LogP contribution < -0.4 is 9.47 Å². The van der Waals surface area contributed by atoms with Crippen LogP contribution >= 0.6 is 0 Å². The number of hydrogen-bond donors (Lipinski definition) is 0. The van der Waals surface area contributed by atoms with E-state index in [1.54, 1.807) is 41.6 Å². The Labute approximate surface area is 292 Å². The van der Waals surface area contributed by atoms with Crippen molar-refractivity contribution in [3.05, 3.63) is 59.7 Å². The smallest absolute Gasteiger partial charge is 0.410 e. The fourth-order valence-electron chi connectivity index (χ4n) is 6.41. The first-order chi connectivity index (χ1) is 23.2. The summed E-state index contributed by atoms with van der Waals surface area (Å²) in [5, 5.41) is 0. The van der Waals surface area contributed by atoms with E-state index in [1.165, 1.54) is 0 Å². The molecule has 49 heavy (non-hydrogen) atoms. The first-order valence-electron chi connectivity index (χ1n) is 17.4. The largest absolute Gasteiger partial charge is 0.493 e. The van der Waals surface area contributed by atoms with Gasteiger partial charge >= 0.3 is 6.09 Å². The van der Waals surface area contributed by atoms with Crippen LogP contribution in [-0.4, -0.2) is 105 Å². The Hall–Kier alpha value is -3.35. The van der Waals surface area contributed by atoms with Gasteiger partial charge in [0.05, 0.1) is 25.5 Å². The summed E-state index contributed by atoms with van der Waals surface area (Å²) in [5.74, 6) is 0.796. The summed E-state index contributed by atoms with van der Waals surface area (Å²) >= 11 is 0. The van der Waals surface area contributed by atoms with Crippen LogP contribution in [0.4, 0.5) is 4.79 Å². The van der Waals surface area contributed by atoms with Crippen LogP contribution in [0, 0.1) is 0 Å². The molecular formula is C37H55N3O8S. The van der Waals surface area contributed by atoms with Crippen molar-refractivity contribution in [1.29, 1.82) is 0 Å². The molecule has 0 spiro atoms. The Kier molecular flexibility index (Phi) is 13.4. The second-order valence-electron chi connectivity index (χ2n) is 14.3. The van der Waals surface area contributed by atoms with Gasteiger partial charge in [-0.1, -0.05) is 30.3 Å². The fourth-order valence-corrected chi connectivity index (χ4v) is 8.24. The van der Waals surface area contributed by atoms with Crippen LogP contribution in [-0.2, 0) is 25.2 Å². The van der Waals surface area contributed by atoms with E-state index in [0.717, 1.165) is 18.4 Å². The molecule has 1 aliphatic heterocycles. The number of carbonyl (C=O) groups is 2. The summed E-state index contributed by atoms with van der Waals surface area (Å²) < 4.78 is 51.2. The fraction of sp³-hybridized carbons (Fsp3) is 0.622. The maximum Gasteiger partial charge on any atom is 0.410 e. The first kappa shape index (κ1) is 38.5. The lowest BCUT2D eigenvalue weighted by atomic mass is 9.94. The molecule has 2 fully saturated rings. The van der Waals surface area contributed by atoms with Crippen LogP contribution in [0.1, 0.15) is 89.1 Å². The molecule has 2 aliphatic rings. The second kappa shape index (κ2) is 17.0. The summed E-state index contributed by atoms with van der Waals surface area (Å²) in [6, 6.07) is 13.7. The number of sulfonamides is 1. The van der Waals surface area contributed by atoms with Gasteiger partial charge < -0.3 is 28.7 Å². The van der Waals surface area contributed by atoms with E-state index in [1.807, 2.05) is 69.9 Å². The number of rotatable bonds is 16. The highest BCUT2D eigenvalue weighted by molar-refractivity contribution is 7.88. The Morgan fingerprint density at radius 2 is 1.63 bits per heavy atom. The zero-order valence-corrected chi connectivity index (χ0v) is 31.0. The van der Waals surface area contributed by atoms with Crippen molar-refractivity contribution < 1.29 is 37.0 Å². The van der Waals surface area contributed by atoms with E-state index in [2.05, 4.69) is 0 Å². The van der Waals surface area contributed by atoms with Crippen molar-refractivity contribution in [2.24, 2.45) is 0 Å². The van der Waals surface area contributed by atoms with E-state index in [4.69, 9.17) is 18.9 Å². The molecule has 0 bridgehead atoms. The van der Waals surface area contributed by atoms with Gasteiger partial charge in [-0.3, -0.25) is 4.79 Å². The number of piperidine rings is 1. The molecular weight excluding hydrogens is 646 g/mol. The molecule has 4 rings (SSSR count). The van der Waals surface area contributed by atoms with Crippen molar-refractivity contribution >= 4 is 22.0 Å². The molecule has 12 heteroatoms. The number of amides is 2. The third-order valence-corrected chi connectivity index (χ3v) is 10.7. The zero-order chi connectivity index (χ0) is 35.8. The molecule has 272 valence electrons. The molecule has 0 N–H and O–H groups in total. The quantitative estimate of drug-likeness (QED) is 0.193. The van der Waals surface area contributed by atoms with Crippen molar-refractivity contribution in [3.63, 3.8) is 0 Å². The first-order valence-corrected chi connectivity index (χ1v) is 19.0. The number of ether oxygens (including phenoxy) is 4. The van der Waals surface area contributed by atoms with E-state index in [9.17, 15) is 18.0 Å². The summed E-state index contributed by atoms with van der Waals surface area (Å²) in [7, 11) is -0.356. The van der Waals surface area contributed by atoms with Crippen LogP contribution in [0.2, 0.25) is 0 Å². The van der Waals surface area contributed by atoms with Crippen LogP contribution in [0.25, 0.3) is 0 Å². The van der Waals surface area contributed by atoms with Gasteiger partial charge in [-0.05, 0) is 90.5 Å². The van der Waals surface area contributed by atoms with Gasteiger partial charge in [-0.15, -0.1) is 0 Å². The number of carbonyl (C=O) groups excluding carboxylic acids is 2. The van der Waals surface area contributed by atoms with E-state index in [-0.39, 0.29) is 42.4 Å². The Morgan fingerprint density at radius 3 is 2.24 bits per heavy atom. The molecule has 0 aromatic heterocycles. The number of benzene rings is 2. The number of nitrogens with zero attached hydrogens (tertiary/aromatic N) is 3. The maximum atomic E-state index is 14.2. The van der Waals surface area contributed by atoms with Gasteiger partial charge in [0.25, 0.3) is 5.91 Å². The highest BCUT2D eigenvalue weighted by atomic mass is 32.2. The molecule has 1 aliphatic carbocycles. The standard InChI is InChI=1S/C37H55N3O8S/c1-27(2)40(35(41)29-14-19-33(46-7)34(24-29)47-23-11-22-45-6)32-18-15-30(38(25-32)36(42)48-37(3,4)5)20-21-39(31-16-17-31)49(43,44)26-28-12-9-8-10-13-28/h8-10,12-14,19,24,27,30-32H,11,15-18,20-23,25-26H2,1-7H3/t30-,32-/m1/s1. The molecule has 2 aromatic rings. The lowest BCUT2D eigenvalue weighted by molar-refractivity contribution is -0.00845. The van der Waals surface area contributed by atoms with E-state index >= 15 is 0 Å². The van der Waals surface area contributed by atoms with Crippen molar-refractivity contribution in [2.45, 2.75) is 109 Å². The second-order valence-corrected chi connectivity index (χ2v) is 16.2. The number of methoxy groups -OCH3 is 2. The summed E-state index contributed by atoms with van der Waals surface area (Å²) in [6.07, 6.45) is 3.66. The lowest BCUT2D eigenvalue weighted by Crippen LogP contribution is -2.58.